The minimum atomic E-state index is -0.894. The second kappa shape index (κ2) is 8.92. The lowest BCUT2D eigenvalue weighted by atomic mass is 10.1. The molecule has 1 aliphatic rings. The average Bonchev–Trinajstić information content (AvgIpc) is 3.26. The number of carbonyl (C=O) groups excluding carboxylic acids is 2. The van der Waals surface area contributed by atoms with Crippen LogP contribution in [-0.2, 0) is 14.3 Å². The van der Waals surface area contributed by atoms with Crippen molar-refractivity contribution < 1.29 is 19.1 Å². The summed E-state index contributed by atoms with van der Waals surface area (Å²) in [5, 5.41) is 4.62. The number of nitrogens with zero attached hydrogens (tertiary/aromatic N) is 3. The van der Waals surface area contributed by atoms with Crippen LogP contribution in [0.3, 0.4) is 0 Å². The summed E-state index contributed by atoms with van der Waals surface area (Å²) in [6.07, 6.45) is -0.894. The molecule has 0 bridgehead atoms. The van der Waals surface area contributed by atoms with E-state index in [4.69, 9.17) is 9.47 Å². The first-order valence-electron chi connectivity index (χ1n) is 9.92. The molecule has 154 valence electrons. The van der Waals surface area contributed by atoms with Crippen molar-refractivity contribution in [1.82, 2.24) is 14.7 Å². The van der Waals surface area contributed by atoms with Gasteiger partial charge in [-0.25, -0.2) is 9.48 Å². The SMILES string of the molecule is CC(OC(=O)c1cc(-c2ccccc2)nn1-c1ccccc1)C(=O)N1CCOCC1. The molecule has 0 saturated carbocycles. The molecule has 0 N–H and O–H groups in total. The van der Waals surface area contributed by atoms with E-state index in [0.717, 1.165) is 11.3 Å². The van der Waals surface area contributed by atoms with Crippen LogP contribution < -0.4 is 0 Å². The van der Waals surface area contributed by atoms with E-state index >= 15 is 0 Å². The molecular weight excluding hydrogens is 382 g/mol. The van der Waals surface area contributed by atoms with Crippen molar-refractivity contribution >= 4 is 11.9 Å². The largest absolute Gasteiger partial charge is 0.448 e. The second-order valence-corrected chi connectivity index (χ2v) is 7.01. The molecule has 2 heterocycles. The van der Waals surface area contributed by atoms with E-state index < -0.39 is 12.1 Å². The molecule has 1 amide bonds. The summed E-state index contributed by atoms with van der Waals surface area (Å²) in [7, 11) is 0. The third-order valence-electron chi connectivity index (χ3n) is 4.94. The van der Waals surface area contributed by atoms with Gasteiger partial charge >= 0.3 is 5.97 Å². The first-order chi connectivity index (χ1) is 14.6. The van der Waals surface area contributed by atoms with Crippen molar-refractivity contribution in [2.45, 2.75) is 13.0 Å². The number of hydrogen-bond donors (Lipinski definition) is 0. The number of para-hydroxylation sites is 1. The normalized spacial score (nSPS) is 14.9. The van der Waals surface area contributed by atoms with E-state index in [1.54, 1.807) is 22.6 Å². The van der Waals surface area contributed by atoms with Crippen LogP contribution in [0.1, 0.15) is 17.4 Å². The van der Waals surface area contributed by atoms with E-state index in [2.05, 4.69) is 5.10 Å². The number of aromatic nitrogens is 2. The van der Waals surface area contributed by atoms with Crippen molar-refractivity contribution in [3.8, 4) is 16.9 Å². The van der Waals surface area contributed by atoms with Crippen LogP contribution in [0, 0.1) is 0 Å². The van der Waals surface area contributed by atoms with Crippen LogP contribution >= 0.6 is 0 Å². The molecule has 2 aromatic carbocycles. The quantitative estimate of drug-likeness (QED) is 0.610. The summed E-state index contributed by atoms with van der Waals surface area (Å²) in [5.41, 5.74) is 2.54. The van der Waals surface area contributed by atoms with Crippen LogP contribution in [0.15, 0.2) is 66.7 Å². The third-order valence-corrected chi connectivity index (χ3v) is 4.94. The van der Waals surface area contributed by atoms with Crippen LogP contribution in [0.25, 0.3) is 16.9 Å². The fourth-order valence-corrected chi connectivity index (χ4v) is 3.35. The predicted octanol–water partition coefficient (Wildman–Crippen LogP) is 2.94. The first kappa shape index (κ1) is 19.8. The van der Waals surface area contributed by atoms with Gasteiger partial charge in [0, 0.05) is 18.7 Å². The van der Waals surface area contributed by atoms with E-state index in [1.165, 1.54) is 0 Å². The predicted molar refractivity (Wildman–Crippen MR) is 111 cm³/mol. The highest BCUT2D eigenvalue weighted by Gasteiger charge is 2.27. The second-order valence-electron chi connectivity index (χ2n) is 7.01. The molecule has 1 atom stereocenters. The van der Waals surface area contributed by atoms with Crippen LogP contribution in [0.5, 0.6) is 0 Å². The number of morpholine rings is 1. The summed E-state index contributed by atoms with van der Waals surface area (Å²) in [5.74, 6) is -0.816. The standard InChI is InChI=1S/C23H23N3O4/c1-17(22(27)25-12-14-29-15-13-25)30-23(28)21-16-20(18-8-4-2-5-9-18)24-26(21)19-10-6-3-7-11-19/h2-11,16-17H,12-15H2,1H3. The monoisotopic (exact) mass is 405 g/mol. The molecule has 7 heteroatoms. The van der Waals surface area contributed by atoms with Gasteiger partial charge in [-0.05, 0) is 25.1 Å². The Morgan fingerprint density at radius 3 is 2.30 bits per heavy atom. The molecule has 0 radical (unpaired) electrons. The van der Waals surface area contributed by atoms with Gasteiger partial charge in [-0.15, -0.1) is 0 Å². The van der Waals surface area contributed by atoms with Crippen molar-refractivity contribution in [3.05, 3.63) is 72.4 Å². The van der Waals surface area contributed by atoms with Gasteiger partial charge in [-0.1, -0.05) is 48.5 Å². The molecule has 1 saturated heterocycles. The Kier molecular flexibility index (Phi) is 5.90. The molecule has 7 nitrogen and oxygen atoms in total. The maximum Gasteiger partial charge on any atom is 0.357 e. The lowest BCUT2D eigenvalue weighted by Crippen LogP contribution is -2.46. The van der Waals surface area contributed by atoms with Crippen molar-refractivity contribution in [3.63, 3.8) is 0 Å². The average molecular weight is 405 g/mol. The summed E-state index contributed by atoms with van der Waals surface area (Å²) < 4.78 is 12.4. The van der Waals surface area contributed by atoms with Crippen molar-refractivity contribution in [2.24, 2.45) is 0 Å². The molecule has 4 rings (SSSR count). The molecule has 1 unspecified atom stereocenters. The van der Waals surface area contributed by atoms with Gasteiger partial charge in [0.05, 0.1) is 24.6 Å². The van der Waals surface area contributed by atoms with Gasteiger partial charge in [0.15, 0.2) is 11.8 Å². The molecular formula is C23H23N3O4. The highest BCUT2D eigenvalue weighted by molar-refractivity contribution is 5.92. The highest BCUT2D eigenvalue weighted by atomic mass is 16.5. The van der Waals surface area contributed by atoms with E-state index in [1.807, 2.05) is 60.7 Å². The summed E-state index contributed by atoms with van der Waals surface area (Å²) >= 11 is 0. The lowest BCUT2D eigenvalue weighted by molar-refractivity contribution is -0.143. The highest BCUT2D eigenvalue weighted by Crippen LogP contribution is 2.22. The van der Waals surface area contributed by atoms with Gasteiger partial charge in [-0.3, -0.25) is 4.79 Å². The fourth-order valence-electron chi connectivity index (χ4n) is 3.35. The third kappa shape index (κ3) is 4.26. The number of hydrogen-bond acceptors (Lipinski definition) is 5. The molecule has 30 heavy (non-hydrogen) atoms. The molecule has 3 aromatic rings. The minimum absolute atomic E-state index is 0.222. The van der Waals surface area contributed by atoms with Crippen LogP contribution in [0.4, 0.5) is 0 Å². The van der Waals surface area contributed by atoms with Gasteiger partial charge in [0.2, 0.25) is 0 Å². The number of ether oxygens (including phenoxy) is 2. The Labute approximate surface area is 174 Å². The Morgan fingerprint density at radius 1 is 1.00 bits per heavy atom. The summed E-state index contributed by atoms with van der Waals surface area (Å²) in [4.78, 5) is 27.3. The fraction of sp³-hybridized carbons (Fsp3) is 0.261. The zero-order chi connectivity index (χ0) is 20.9. The smallest absolute Gasteiger partial charge is 0.357 e. The van der Waals surface area contributed by atoms with Gasteiger partial charge in [0.25, 0.3) is 5.91 Å². The van der Waals surface area contributed by atoms with Crippen LogP contribution in [0.2, 0.25) is 0 Å². The zero-order valence-corrected chi connectivity index (χ0v) is 16.7. The number of benzene rings is 2. The zero-order valence-electron chi connectivity index (χ0n) is 16.7. The van der Waals surface area contributed by atoms with Gasteiger partial charge in [0.1, 0.15) is 0 Å². The molecule has 0 spiro atoms. The maximum atomic E-state index is 13.0. The maximum absolute atomic E-state index is 13.0. The Bertz CT molecular complexity index is 1010. The molecule has 1 fully saturated rings. The Balaban J connectivity index is 1.61. The van der Waals surface area contributed by atoms with Gasteiger partial charge < -0.3 is 14.4 Å². The lowest BCUT2D eigenvalue weighted by Gasteiger charge is -2.28. The number of esters is 1. The number of rotatable bonds is 5. The van der Waals surface area contributed by atoms with Crippen LogP contribution in [-0.4, -0.2) is 59.0 Å². The summed E-state index contributed by atoms with van der Waals surface area (Å²) in [6, 6.07) is 20.7. The number of carbonyl (C=O) groups is 2. The Hall–Kier alpha value is -3.45. The van der Waals surface area contributed by atoms with E-state index in [0.29, 0.717) is 32.0 Å². The topological polar surface area (TPSA) is 73.7 Å². The Morgan fingerprint density at radius 2 is 1.63 bits per heavy atom. The van der Waals surface area contributed by atoms with E-state index in [9.17, 15) is 9.59 Å². The van der Waals surface area contributed by atoms with E-state index in [-0.39, 0.29) is 11.6 Å². The molecule has 0 aliphatic carbocycles. The first-order valence-corrected chi connectivity index (χ1v) is 9.92. The molecule has 1 aromatic heterocycles. The van der Waals surface area contributed by atoms with Crippen molar-refractivity contribution in [1.29, 1.82) is 0 Å². The number of amides is 1. The minimum Gasteiger partial charge on any atom is -0.448 e. The van der Waals surface area contributed by atoms with Gasteiger partial charge in [-0.2, -0.15) is 5.10 Å². The van der Waals surface area contributed by atoms with Crippen molar-refractivity contribution in [2.75, 3.05) is 26.3 Å². The summed E-state index contributed by atoms with van der Waals surface area (Å²) in [6.45, 7) is 3.58. The molecule has 1 aliphatic heterocycles.